The number of nitrogens with one attached hydrogen (secondary N) is 2. The summed E-state index contributed by atoms with van der Waals surface area (Å²) in [5, 5.41) is 16.6. The first-order valence-electron chi connectivity index (χ1n) is 8.66. The summed E-state index contributed by atoms with van der Waals surface area (Å²) in [5.41, 5.74) is 3.19. The first-order valence-corrected chi connectivity index (χ1v) is 8.66. The summed E-state index contributed by atoms with van der Waals surface area (Å²) in [4.78, 5) is 16.7. The van der Waals surface area contributed by atoms with E-state index < -0.39 is 0 Å². The Balaban J connectivity index is 0.00000140. The molecule has 0 fully saturated rings. The minimum atomic E-state index is -0.199. The molecular formula is C19H22Cl2N6O. The summed E-state index contributed by atoms with van der Waals surface area (Å²) in [6, 6.07) is 7.85. The van der Waals surface area contributed by atoms with Gasteiger partial charge in [0, 0.05) is 36.3 Å². The second-order valence-corrected chi connectivity index (χ2v) is 6.31. The highest BCUT2D eigenvalue weighted by Gasteiger charge is 2.18. The van der Waals surface area contributed by atoms with Gasteiger partial charge in [0.2, 0.25) is 0 Å². The molecule has 9 heteroatoms. The molecule has 0 bridgehead atoms. The normalized spacial score (nSPS) is 13.2. The Morgan fingerprint density at radius 1 is 1.29 bits per heavy atom. The van der Waals surface area contributed by atoms with Gasteiger partial charge in [0.25, 0.3) is 5.91 Å². The van der Waals surface area contributed by atoms with E-state index in [1.165, 1.54) is 5.57 Å². The van der Waals surface area contributed by atoms with Gasteiger partial charge in [0.1, 0.15) is 0 Å². The van der Waals surface area contributed by atoms with Crippen LogP contribution in [0, 0.1) is 6.92 Å². The summed E-state index contributed by atoms with van der Waals surface area (Å²) < 4.78 is 1.71. The number of pyridine rings is 1. The quantitative estimate of drug-likeness (QED) is 0.633. The number of hydrogen-bond donors (Lipinski definition) is 2. The highest BCUT2D eigenvalue weighted by atomic mass is 35.5. The van der Waals surface area contributed by atoms with Gasteiger partial charge in [0.15, 0.2) is 5.69 Å². The molecule has 0 atom stereocenters. The Hall–Kier alpha value is -2.48. The molecule has 28 heavy (non-hydrogen) atoms. The number of aromatic nitrogens is 4. The van der Waals surface area contributed by atoms with E-state index in [1.54, 1.807) is 10.9 Å². The maximum Gasteiger partial charge on any atom is 0.274 e. The Morgan fingerprint density at radius 2 is 2.14 bits per heavy atom. The lowest BCUT2D eigenvalue weighted by atomic mass is 10.1. The number of amides is 1. The van der Waals surface area contributed by atoms with E-state index in [-0.39, 0.29) is 30.7 Å². The van der Waals surface area contributed by atoms with Gasteiger partial charge in [-0.2, -0.15) is 0 Å². The summed E-state index contributed by atoms with van der Waals surface area (Å²) in [7, 11) is 0. The smallest absolute Gasteiger partial charge is 0.274 e. The van der Waals surface area contributed by atoms with E-state index in [0.29, 0.717) is 17.9 Å². The molecule has 0 aliphatic carbocycles. The third kappa shape index (κ3) is 4.32. The zero-order chi connectivity index (χ0) is 17.9. The van der Waals surface area contributed by atoms with E-state index in [2.05, 4.69) is 32.0 Å². The second-order valence-electron chi connectivity index (χ2n) is 6.31. The van der Waals surface area contributed by atoms with Gasteiger partial charge in [-0.1, -0.05) is 29.0 Å². The van der Waals surface area contributed by atoms with E-state index >= 15 is 0 Å². The summed E-state index contributed by atoms with van der Waals surface area (Å²) >= 11 is 0. The van der Waals surface area contributed by atoms with Gasteiger partial charge in [-0.3, -0.25) is 9.78 Å². The minimum Gasteiger partial charge on any atom is -0.347 e. The molecule has 2 aromatic heterocycles. The fourth-order valence-corrected chi connectivity index (χ4v) is 3.17. The summed E-state index contributed by atoms with van der Waals surface area (Å²) in [6.07, 6.45) is 6.64. The molecule has 3 heterocycles. The zero-order valence-electron chi connectivity index (χ0n) is 15.4. The number of benzene rings is 1. The van der Waals surface area contributed by atoms with Gasteiger partial charge < -0.3 is 10.6 Å². The molecule has 7 nitrogen and oxygen atoms in total. The third-order valence-electron chi connectivity index (χ3n) is 4.63. The molecule has 4 rings (SSSR count). The lowest BCUT2D eigenvalue weighted by molar-refractivity contribution is 0.0951. The third-order valence-corrected chi connectivity index (χ3v) is 4.63. The van der Waals surface area contributed by atoms with Gasteiger partial charge in [-0.05, 0) is 32.0 Å². The van der Waals surface area contributed by atoms with Crippen molar-refractivity contribution in [1.29, 1.82) is 0 Å². The van der Waals surface area contributed by atoms with Crippen LogP contribution in [0.2, 0.25) is 0 Å². The molecule has 0 radical (unpaired) electrons. The van der Waals surface area contributed by atoms with Crippen LogP contribution in [0.15, 0.2) is 48.3 Å². The number of halogens is 2. The van der Waals surface area contributed by atoms with Crippen LogP contribution >= 0.6 is 24.8 Å². The number of nitrogens with zero attached hydrogens (tertiary/aromatic N) is 4. The molecule has 0 saturated heterocycles. The molecule has 2 N–H and O–H groups in total. The van der Waals surface area contributed by atoms with Crippen molar-refractivity contribution in [3.63, 3.8) is 0 Å². The average molecular weight is 421 g/mol. The van der Waals surface area contributed by atoms with Crippen molar-refractivity contribution in [2.75, 3.05) is 19.6 Å². The predicted octanol–water partition coefficient (Wildman–Crippen LogP) is 2.62. The molecule has 1 aliphatic rings. The van der Waals surface area contributed by atoms with Crippen molar-refractivity contribution in [2.24, 2.45) is 0 Å². The molecular weight excluding hydrogens is 399 g/mol. The Kier molecular flexibility index (Phi) is 7.51. The fraction of sp³-hybridized carbons (Fsp3) is 0.263. The largest absolute Gasteiger partial charge is 0.347 e. The molecule has 0 spiro atoms. The van der Waals surface area contributed by atoms with Gasteiger partial charge in [-0.15, -0.1) is 29.9 Å². The fourth-order valence-electron chi connectivity index (χ4n) is 3.17. The van der Waals surface area contributed by atoms with Crippen LogP contribution in [0.3, 0.4) is 0 Å². The van der Waals surface area contributed by atoms with E-state index in [0.717, 1.165) is 36.0 Å². The highest BCUT2D eigenvalue weighted by Crippen LogP contribution is 2.22. The number of rotatable bonds is 4. The van der Waals surface area contributed by atoms with Crippen LogP contribution < -0.4 is 10.6 Å². The van der Waals surface area contributed by atoms with Crippen molar-refractivity contribution in [2.45, 2.75) is 13.3 Å². The SMILES string of the molecule is Cc1c(C(=O)NCC2=CCNCC2)nnn1-c1cccc2cnccc12.Cl.Cl. The first kappa shape index (κ1) is 21.8. The molecule has 148 valence electrons. The van der Waals surface area contributed by atoms with Gasteiger partial charge >= 0.3 is 0 Å². The van der Waals surface area contributed by atoms with Crippen LogP contribution in [0.5, 0.6) is 0 Å². The Bertz CT molecular complexity index is 996. The maximum atomic E-state index is 12.5. The van der Waals surface area contributed by atoms with Crippen molar-refractivity contribution >= 4 is 41.5 Å². The van der Waals surface area contributed by atoms with Crippen LogP contribution in [-0.2, 0) is 0 Å². The number of fused-ring (bicyclic) bond motifs is 1. The van der Waals surface area contributed by atoms with Gasteiger partial charge in [-0.25, -0.2) is 4.68 Å². The second kappa shape index (κ2) is 9.64. The lowest BCUT2D eigenvalue weighted by Gasteiger charge is -2.14. The molecule has 1 amide bonds. The predicted molar refractivity (Wildman–Crippen MR) is 114 cm³/mol. The monoisotopic (exact) mass is 420 g/mol. The van der Waals surface area contributed by atoms with Crippen molar-refractivity contribution in [3.8, 4) is 5.69 Å². The van der Waals surface area contributed by atoms with Crippen LogP contribution in [0.4, 0.5) is 0 Å². The summed E-state index contributed by atoms with van der Waals surface area (Å²) in [5.74, 6) is -0.199. The maximum absolute atomic E-state index is 12.5. The molecule has 0 unspecified atom stereocenters. The average Bonchev–Trinajstić information content (AvgIpc) is 3.08. The van der Waals surface area contributed by atoms with Crippen molar-refractivity contribution in [1.82, 2.24) is 30.6 Å². The van der Waals surface area contributed by atoms with E-state index in [4.69, 9.17) is 0 Å². The Morgan fingerprint density at radius 3 is 2.93 bits per heavy atom. The van der Waals surface area contributed by atoms with E-state index in [9.17, 15) is 4.79 Å². The molecule has 0 saturated carbocycles. The molecule has 1 aliphatic heterocycles. The summed E-state index contributed by atoms with van der Waals surface area (Å²) in [6.45, 7) is 4.22. The van der Waals surface area contributed by atoms with Crippen molar-refractivity contribution < 1.29 is 4.79 Å². The van der Waals surface area contributed by atoms with Crippen molar-refractivity contribution in [3.05, 3.63) is 59.7 Å². The number of carbonyl (C=O) groups excluding carboxylic acids is 1. The Labute approximate surface area is 175 Å². The number of carbonyl (C=O) groups is 1. The van der Waals surface area contributed by atoms with Crippen LogP contribution in [-0.4, -0.2) is 45.5 Å². The lowest BCUT2D eigenvalue weighted by Crippen LogP contribution is -2.30. The first-order chi connectivity index (χ1) is 12.7. The topological polar surface area (TPSA) is 84.7 Å². The molecule has 3 aromatic rings. The number of hydrogen-bond acceptors (Lipinski definition) is 5. The molecule has 1 aromatic carbocycles. The van der Waals surface area contributed by atoms with Crippen LogP contribution in [0.25, 0.3) is 16.5 Å². The zero-order valence-corrected chi connectivity index (χ0v) is 17.0. The van der Waals surface area contributed by atoms with Gasteiger partial charge in [0.05, 0.1) is 11.4 Å². The standard InChI is InChI=1S/C19H20N6O.2ClH/c1-13-18(19(26)22-11-14-5-8-20-9-6-14)23-24-25(13)17-4-2-3-15-12-21-10-7-16(15)17;;/h2-5,7,10,12,20H,6,8-9,11H2,1H3,(H,22,26);2*1H. The van der Waals surface area contributed by atoms with Crippen LogP contribution in [0.1, 0.15) is 22.6 Å². The van der Waals surface area contributed by atoms with E-state index in [1.807, 2.05) is 37.4 Å². The highest BCUT2D eigenvalue weighted by molar-refractivity contribution is 5.94. The minimum absolute atomic E-state index is 0.